The lowest BCUT2D eigenvalue weighted by Gasteiger charge is -2.20. The lowest BCUT2D eigenvalue weighted by atomic mass is 10.1. The summed E-state index contributed by atoms with van der Waals surface area (Å²) in [6.45, 7) is 8.12. The van der Waals surface area contributed by atoms with Crippen molar-refractivity contribution in [3.8, 4) is 5.69 Å². The third-order valence-corrected chi connectivity index (χ3v) is 6.37. The van der Waals surface area contributed by atoms with E-state index < -0.39 is 0 Å². The predicted octanol–water partition coefficient (Wildman–Crippen LogP) is 4.58. The van der Waals surface area contributed by atoms with Crippen molar-refractivity contribution in [2.24, 2.45) is 5.92 Å². The maximum atomic E-state index is 13.2. The summed E-state index contributed by atoms with van der Waals surface area (Å²) in [7, 11) is 0. The molecule has 7 nitrogen and oxygen atoms in total. The van der Waals surface area contributed by atoms with Crippen molar-refractivity contribution >= 4 is 34.3 Å². The third kappa shape index (κ3) is 4.59. The molecule has 1 atom stereocenters. The number of thioether (sulfide) groups is 1. The average molecular weight is 433 g/mol. The fourth-order valence-electron chi connectivity index (χ4n) is 3.51. The summed E-state index contributed by atoms with van der Waals surface area (Å²) in [5.74, 6) is -0.0196. The minimum Gasteiger partial charge on any atom is -0.324 e. The summed E-state index contributed by atoms with van der Waals surface area (Å²) in [5.41, 5.74) is 4.73. The average Bonchev–Trinajstić information content (AvgIpc) is 3.19. The Morgan fingerprint density at radius 1 is 1.06 bits per heavy atom. The van der Waals surface area contributed by atoms with Gasteiger partial charge in [0.2, 0.25) is 11.1 Å². The van der Waals surface area contributed by atoms with Gasteiger partial charge in [0, 0.05) is 11.6 Å². The van der Waals surface area contributed by atoms with Crippen LogP contribution >= 0.6 is 11.8 Å². The zero-order valence-electron chi connectivity index (χ0n) is 17.9. The van der Waals surface area contributed by atoms with Crippen LogP contribution in [0.4, 0.5) is 5.69 Å². The fourth-order valence-corrected chi connectivity index (χ4v) is 4.50. The molecular weight excluding hydrogens is 408 g/mol. The molecule has 0 aliphatic carbocycles. The maximum absolute atomic E-state index is 13.2. The molecule has 158 valence electrons. The number of nitrogens with one attached hydrogen (secondary N) is 1. The van der Waals surface area contributed by atoms with Crippen molar-refractivity contribution in [1.29, 1.82) is 0 Å². The Morgan fingerprint density at radius 3 is 2.58 bits per heavy atom. The second-order valence-electron chi connectivity index (χ2n) is 7.87. The molecule has 0 saturated carbocycles. The number of carbonyl (C=O) groups excluding carboxylic acids is 1. The molecule has 0 fully saturated rings. The van der Waals surface area contributed by atoms with Crippen molar-refractivity contribution in [2.45, 2.75) is 38.1 Å². The van der Waals surface area contributed by atoms with Gasteiger partial charge >= 0.3 is 0 Å². The van der Waals surface area contributed by atoms with E-state index in [9.17, 15) is 4.79 Å². The molecule has 0 spiro atoms. The smallest absolute Gasteiger partial charge is 0.238 e. The molecule has 2 aromatic carbocycles. The van der Waals surface area contributed by atoms with Gasteiger partial charge in [0.1, 0.15) is 0 Å². The molecule has 0 aliphatic rings. The number of amides is 1. The first-order valence-corrected chi connectivity index (χ1v) is 11.0. The summed E-state index contributed by atoms with van der Waals surface area (Å²) in [6.07, 6.45) is 1.74. The summed E-state index contributed by atoms with van der Waals surface area (Å²) in [6, 6.07) is 15.7. The number of hydrogen-bond acceptors (Lipinski definition) is 6. The molecule has 8 heteroatoms. The molecule has 1 N–H and O–H groups in total. The van der Waals surface area contributed by atoms with Crippen molar-refractivity contribution in [2.75, 3.05) is 5.32 Å². The van der Waals surface area contributed by atoms with Crippen LogP contribution in [-0.4, -0.2) is 36.3 Å². The van der Waals surface area contributed by atoms with Gasteiger partial charge in [-0.15, -0.1) is 5.10 Å². The van der Waals surface area contributed by atoms with Crippen LogP contribution in [0.1, 0.15) is 25.0 Å². The number of carbonyl (C=O) groups is 1. The van der Waals surface area contributed by atoms with E-state index >= 15 is 0 Å². The Kier molecular flexibility index (Phi) is 5.99. The largest absolute Gasteiger partial charge is 0.324 e. The Hall–Kier alpha value is -3.26. The molecule has 0 bridgehead atoms. The number of aryl methyl sites for hydroxylation is 2. The van der Waals surface area contributed by atoms with Crippen LogP contribution in [0, 0.1) is 19.8 Å². The molecule has 31 heavy (non-hydrogen) atoms. The van der Waals surface area contributed by atoms with Gasteiger partial charge < -0.3 is 5.32 Å². The van der Waals surface area contributed by atoms with E-state index in [4.69, 9.17) is 0 Å². The van der Waals surface area contributed by atoms with Crippen molar-refractivity contribution < 1.29 is 4.79 Å². The van der Waals surface area contributed by atoms with E-state index in [1.165, 1.54) is 11.8 Å². The minimum atomic E-state index is -0.373. The highest BCUT2D eigenvalue weighted by Gasteiger charge is 2.27. The number of anilines is 1. The van der Waals surface area contributed by atoms with Gasteiger partial charge in [-0.05, 0) is 77.7 Å². The second kappa shape index (κ2) is 8.85. The summed E-state index contributed by atoms with van der Waals surface area (Å²) >= 11 is 1.37. The molecule has 0 aliphatic heterocycles. The zero-order valence-corrected chi connectivity index (χ0v) is 18.7. The molecule has 4 aromatic rings. The van der Waals surface area contributed by atoms with Crippen molar-refractivity contribution in [3.05, 3.63) is 65.9 Å². The highest BCUT2D eigenvalue weighted by Crippen LogP contribution is 2.30. The van der Waals surface area contributed by atoms with Crippen LogP contribution in [0.15, 0.2) is 59.9 Å². The van der Waals surface area contributed by atoms with Crippen molar-refractivity contribution in [3.63, 3.8) is 0 Å². The molecule has 2 aromatic heterocycles. The number of benzene rings is 2. The molecule has 1 amide bonds. The summed E-state index contributed by atoms with van der Waals surface area (Å²) in [5, 5.41) is 16.4. The van der Waals surface area contributed by atoms with Crippen LogP contribution in [0.3, 0.4) is 0 Å². The molecule has 2 heterocycles. The number of hydrogen-bond donors (Lipinski definition) is 1. The van der Waals surface area contributed by atoms with Crippen LogP contribution in [0.2, 0.25) is 0 Å². The lowest BCUT2D eigenvalue weighted by molar-refractivity contribution is -0.116. The lowest BCUT2D eigenvalue weighted by Crippen LogP contribution is -2.30. The quantitative estimate of drug-likeness (QED) is 0.449. The number of fused-ring (bicyclic) bond motifs is 1. The first-order valence-electron chi connectivity index (χ1n) is 10.1. The minimum absolute atomic E-state index is 0.0718. The van der Waals surface area contributed by atoms with Gasteiger partial charge in [-0.1, -0.05) is 37.7 Å². The van der Waals surface area contributed by atoms with E-state index in [0.717, 1.165) is 33.4 Å². The Balaban J connectivity index is 1.61. The standard InChI is InChI=1S/C23H24N6OS/c1-14(2)21(22(30)25-20-9-5-8-19-18(20)7-6-10-24-19)31-23-26-27-28-29(23)17-12-15(3)11-16(4)13-17/h5-14,21H,1-4H3,(H,25,30). The van der Waals surface area contributed by atoms with Crippen LogP contribution in [-0.2, 0) is 4.79 Å². The Labute approximate surface area is 185 Å². The number of aromatic nitrogens is 5. The first kappa shape index (κ1) is 21.0. The fraction of sp³-hybridized carbons (Fsp3) is 0.261. The molecule has 0 saturated heterocycles. The highest BCUT2D eigenvalue weighted by atomic mass is 32.2. The van der Waals surface area contributed by atoms with Crippen LogP contribution in [0.5, 0.6) is 0 Å². The van der Waals surface area contributed by atoms with Gasteiger partial charge in [-0.2, -0.15) is 4.68 Å². The zero-order chi connectivity index (χ0) is 22.0. The van der Waals surface area contributed by atoms with Gasteiger partial charge in [0.25, 0.3) is 0 Å². The van der Waals surface area contributed by atoms with Crippen LogP contribution in [0.25, 0.3) is 16.6 Å². The number of rotatable bonds is 6. The van der Waals surface area contributed by atoms with E-state index in [1.807, 2.05) is 70.2 Å². The molecule has 4 rings (SSSR count). The molecule has 1 unspecified atom stereocenters. The number of pyridine rings is 1. The Morgan fingerprint density at radius 2 is 1.84 bits per heavy atom. The van der Waals surface area contributed by atoms with Crippen LogP contribution < -0.4 is 5.32 Å². The van der Waals surface area contributed by atoms with E-state index in [2.05, 4.69) is 31.9 Å². The Bertz CT molecular complexity index is 1210. The van der Waals surface area contributed by atoms with Gasteiger partial charge in [0.05, 0.1) is 22.1 Å². The van der Waals surface area contributed by atoms with Crippen molar-refractivity contribution in [1.82, 2.24) is 25.2 Å². The van der Waals surface area contributed by atoms with E-state index in [0.29, 0.717) is 5.16 Å². The van der Waals surface area contributed by atoms with Gasteiger partial charge in [-0.3, -0.25) is 9.78 Å². The van der Waals surface area contributed by atoms with E-state index in [1.54, 1.807) is 10.9 Å². The SMILES string of the molecule is Cc1cc(C)cc(-n2nnnc2SC(C(=O)Nc2cccc3ncccc23)C(C)C)c1. The van der Waals surface area contributed by atoms with E-state index in [-0.39, 0.29) is 17.1 Å². The monoisotopic (exact) mass is 432 g/mol. The van der Waals surface area contributed by atoms with Gasteiger partial charge in [-0.25, -0.2) is 0 Å². The highest BCUT2D eigenvalue weighted by molar-refractivity contribution is 8.00. The normalized spacial score (nSPS) is 12.3. The first-order chi connectivity index (χ1) is 14.9. The number of nitrogens with zero attached hydrogens (tertiary/aromatic N) is 5. The topological polar surface area (TPSA) is 85.6 Å². The molecular formula is C23H24N6OS. The maximum Gasteiger partial charge on any atom is 0.238 e. The third-order valence-electron chi connectivity index (χ3n) is 4.89. The van der Waals surface area contributed by atoms with Gasteiger partial charge in [0.15, 0.2) is 0 Å². The summed E-state index contributed by atoms with van der Waals surface area (Å²) in [4.78, 5) is 17.6. The number of tetrazole rings is 1. The summed E-state index contributed by atoms with van der Waals surface area (Å²) < 4.78 is 1.69. The predicted molar refractivity (Wildman–Crippen MR) is 123 cm³/mol. The second-order valence-corrected chi connectivity index (χ2v) is 8.98. The molecule has 0 radical (unpaired) electrons.